The lowest BCUT2D eigenvalue weighted by Gasteiger charge is -2.18. The molecule has 0 aliphatic rings. The Morgan fingerprint density at radius 3 is 2.61 bits per heavy atom. The number of aromatic nitrogens is 4. The number of benzene rings is 1. The third-order valence-electron chi connectivity index (χ3n) is 4.03. The van der Waals surface area contributed by atoms with Gasteiger partial charge in [-0.1, -0.05) is 30.3 Å². The third-order valence-corrected chi connectivity index (χ3v) is 5.15. The Hall–Kier alpha value is -3.72. The molecule has 0 radical (unpaired) electrons. The highest BCUT2D eigenvalue weighted by Crippen LogP contribution is 2.27. The van der Waals surface area contributed by atoms with E-state index in [1.54, 1.807) is 30.6 Å². The van der Waals surface area contributed by atoms with Gasteiger partial charge in [0.25, 0.3) is 11.8 Å². The molecule has 0 saturated heterocycles. The molecule has 9 heteroatoms. The molecule has 1 unspecified atom stereocenters. The maximum absolute atomic E-state index is 12.8. The lowest BCUT2D eigenvalue weighted by molar-refractivity contribution is -0.118. The predicted octanol–water partition coefficient (Wildman–Crippen LogP) is 2.97. The van der Waals surface area contributed by atoms with Gasteiger partial charge in [-0.25, -0.2) is 0 Å². The summed E-state index contributed by atoms with van der Waals surface area (Å²) >= 11 is 1.32. The number of carbonyl (C=O) groups is 2. The number of nitrogens with zero attached hydrogens (tertiary/aromatic N) is 2. The van der Waals surface area contributed by atoms with Gasteiger partial charge < -0.3 is 10.6 Å². The molecule has 4 rings (SSSR count). The van der Waals surface area contributed by atoms with E-state index in [-0.39, 0.29) is 11.8 Å². The maximum Gasteiger partial charge on any atom is 0.262 e. The van der Waals surface area contributed by atoms with E-state index in [2.05, 4.69) is 31.0 Å². The molecule has 8 nitrogen and oxygen atoms in total. The summed E-state index contributed by atoms with van der Waals surface area (Å²) < 4.78 is 0. The van der Waals surface area contributed by atoms with E-state index < -0.39 is 6.04 Å². The number of nitrogens with one attached hydrogen (secondary N) is 4. The number of H-pyrrole nitrogens is 2. The second-order valence-corrected chi connectivity index (χ2v) is 7.01. The largest absolute Gasteiger partial charge is 0.336 e. The van der Waals surface area contributed by atoms with Crippen molar-refractivity contribution in [1.82, 2.24) is 25.7 Å². The summed E-state index contributed by atoms with van der Waals surface area (Å²) in [6.45, 7) is 0. The molecule has 4 aromatic rings. The zero-order valence-electron chi connectivity index (χ0n) is 14.5. The summed E-state index contributed by atoms with van der Waals surface area (Å²) in [4.78, 5) is 27.0. The molecule has 4 N–H and O–H groups in total. The van der Waals surface area contributed by atoms with Crippen LogP contribution in [0.25, 0.3) is 10.6 Å². The van der Waals surface area contributed by atoms with Gasteiger partial charge in [-0.05, 0) is 23.8 Å². The normalized spacial score (nSPS) is 11.7. The summed E-state index contributed by atoms with van der Waals surface area (Å²) in [5, 5.41) is 18.8. The Morgan fingerprint density at radius 1 is 1.04 bits per heavy atom. The first-order valence-corrected chi connectivity index (χ1v) is 9.27. The van der Waals surface area contributed by atoms with Gasteiger partial charge in [0.2, 0.25) is 0 Å². The van der Waals surface area contributed by atoms with Crippen molar-refractivity contribution in [2.75, 3.05) is 5.32 Å². The van der Waals surface area contributed by atoms with E-state index in [1.807, 2.05) is 30.3 Å². The first-order chi connectivity index (χ1) is 13.7. The molecule has 0 fully saturated rings. The number of aromatic amines is 2. The molecule has 1 aromatic carbocycles. The van der Waals surface area contributed by atoms with E-state index in [4.69, 9.17) is 0 Å². The lowest BCUT2D eigenvalue weighted by Crippen LogP contribution is -2.36. The summed E-state index contributed by atoms with van der Waals surface area (Å²) in [6.07, 6.45) is 4.72. The Labute approximate surface area is 164 Å². The van der Waals surface area contributed by atoms with Gasteiger partial charge in [0.1, 0.15) is 6.04 Å². The van der Waals surface area contributed by atoms with Crippen LogP contribution in [0.2, 0.25) is 0 Å². The molecule has 28 heavy (non-hydrogen) atoms. The van der Waals surface area contributed by atoms with Crippen molar-refractivity contribution in [1.29, 1.82) is 0 Å². The minimum atomic E-state index is -0.846. The Balaban J connectivity index is 1.55. The van der Waals surface area contributed by atoms with Gasteiger partial charge >= 0.3 is 0 Å². The van der Waals surface area contributed by atoms with E-state index in [1.165, 1.54) is 17.5 Å². The van der Waals surface area contributed by atoms with Crippen LogP contribution in [0.3, 0.4) is 0 Å². The molecule has 140 valence electrons. The van der Waals surface area contributed by atoms with E-state index in [0.29, 0.717) is 16.1 Å². The lowest BCUT2D eigenvalue weighted by atomic mass is 10.1. The fourth-order valence-corrected chi connectivity index (χ4v) is 3.56. The molecule has 0 aliphatic heterocycles. The van der Waals surface area contributed by atoms with Gasteiger partial charge in [-0.3, -0.25) is 19.8 Å². The van der Waals surface area contributed by atoms with Crippen molar-refractivity contribution in [2.24, 2.45) is 0 Å². The average Bonchev–Trinajstić information content (AvgIpc) is 3.48. The van der Waals surface area contributed by atoms with Crippen molar-refractivity contribution >= 4 is 28.8 Å². The second-order valence-electron chi connectivity index (χ2n) is 5.93. The fraction of sp³-hybridized carbons (Fsp3) is 0.0526. The van der Waals surface area contributed by atoms with Crippen LogP contribution in [0.15, 0.2) is 67.1 Å². The van der Waals surface area contributed by atoms with Crippen LogP contribution in [0.4, 0.5) is 5.69 Å². The number of carbonyl (C=O) groups excluding carboxylic acids is 2. The van der Waals surface area contributed by atoms with Crippen molar-refractivity contribution in [3.05, 3.63) is 77.6 Å². The number of hydrogen-bond donors (Lipinski definition) is 4. The van der Waals surface area contributed by atoms with Crippen LogP contribution in [-0.2, 0) is 4.79 Å². The first kappa shape index (κ1) is 17.7. The van der Waals surface area contributed by atoms with Gasteiger partial charge in [0.05, 0.1) is 27.3 Å². The average molecular weight is 392 g/mol. The molecule has 0 saturated carbocycles. The van der Waals surface area contributed by atoms with Gasteiger partial charge in [-0.15, -0.1) is 11.3 Å². The van der Waals surface area contributed by atoms with E-state index in [9.17, 15) is 9.59 Å². The number of hydrogen-bond acceptors (Lipinski definition) is 5. The number of thiophene rings is 1. The second kappa shape index (κ2) is 7.89. The molecule has 0 bridgehead atoms. The van der Waals surface area contributed by atoms with Crippen molar-refractivity contribution in [3.8, 4) is 10.6 Å². The highest BCUT2D eigenvalue weighted by atomic mass is 32.1. The Morgan fingerprint density at radius 2 is 1.89 bits per heavy atom. The van der Waals surface area contributed by atoms with Crippen molar-refractivity contribution in [2.45, 2.75) is 6.04 Å². The number of amides is 2. The van der Waals surface area contributed by atoms with Crippen LogP contribution in [0.1, 0.15) is 21.3 Å². The molecule has 1 atom stereocenters. The third kappa shape index (κ3) is 3.84. The highest BCUT2D eigenvalue weighted by molar-refractivity contribution is 7.17. The zero-order chi connectivity index (χ0) is 19.3. The van der Waals surface area contributed by atoms with E-state index >= 15 is 0 Å². The smallest absolute Gasteiger partial charge is 0.262 e. The molecule has 3 heterocycles. The van der Waals surface area contributed by atoms with Crippen LogP contribution in [0, 0.1) is 0 Å². The summed E-state index contributed by atoms with van der Waals surface area (Å²) in [5.41, 5.74) is 2.04. The van der Waals surface area contributed by atoms with Gasteiger partial charge in [0.15, 0.2) is 0 Å². The Kier molecular flexibility index (Phi) is 4.98. The topological polar surface area (TPSA) is 116 Å². The van der Waals surface area contributed by atoms with Crippen molar-refractivity contribution in [3.63, 3.8) is 0 Å². The summed E-state index contributed by atoms with van der Waals surface area (Å²) in [6, 6.07) is 13.6. The van der Waals surface area contributed by atoms with Crippen LogP contribution < -0.4 is 10.6 Å². The monoisotopic (exact) mass is 392 g/mol. The number of anilines is 1. The van der Waals surface area contributed by atoms with Gasteiger partial charge in [-0.2, -0.15) is 10.2 Å². The van der Waals surface area contributed by atoms with Crippen LogP contribution in [0.5, 0.6) is 0 Å². The fourth-order valence-electron chi connectivity index (χ4n) is 2.68. The Bertz CT molecular complexity index is 1060. The van der Waals surface area contributed by atoms with E-state index in [0.717, 1.165) is 10.6 Å². The first-order valence-electron chi connectivity index (χ1n) is 8.46. The standard InChI is InChI=1S/C19H16N6O2S/c26-18(16-7-6-15(28-16)14-8-9-20-25-14)24-17(12-4-2-1-3-5-12)19(27)23-13-10-21-22-11-13/h1-11,17H,(H,20,25)(H,21,22)(H,23,27)(H,24,26). The quantitative estimate of drug-likeness (QED) is 0.404. The molecular weight excluding hydrogens is 376 g/mol. The molecule has 0 spiro atoms. The molecular formula is C19H16N6O2S. The predicted molar refractivity (Wildman–Crippen MR) is 106 cm³/mol. The van der Waals surface area contributed by atoms with Gasteiger partial charge in [0, 0.05) is 12.4 Å². The summed E-state index contributed by atoms with van der Waals surface area (Å²) in [5.74, 6) is -0.682. The highest BCUT2D eigenvalue weighted by Gasteiger charge is 2.24. The SMILES string of the molecule is O=C(NC(C(=O)Nc1cn[nH]c1)c1ccccc1)c1ccc(-c2ccn[nH]2)s1. The summed E-state index contributed by atoms with van der Waals surface area (Å²) in [7, 11) is 0. The minimum Gasteiger partial charge on any atom is -0.336 e. The molecule has 0 aliphatic carbocycles. The van der Waals surface area contributed by atoms with Crippen LogP contribution in [-0.4, -0.2) is 32.2 Å². The maximum atomic E-state index is 12.8. The van der Waals surface area contributed by atoms with Crippen LogP contribution >= 0.6 is 11.3 Å². The van der Waals surface area contributed by atoms with Crippen molar-refractivity contribution < 1.29 is 9.59 Å². The molecule has 2 amide bonds. The number of rotatable bonds is 6. The minimum absolute atomic E-state index is 0.327. The zero-order valence-corrected chi connectivity index (χ0v) is 15.4. The molecule has 3 aromatic heterocycles.